The molecule has 0 spiro atoms. The topological polar surface area (TPSA) is 138 Å². The summed E-state index contributed by atoms with van der Waals surface area (Å²) in [6.45, 7) is 81.8. The molecular formula is C112H165ClO10. The molecule has 0 amide bonds. The van der Waals surface area contributed by atoms with Crippen LogP contribution in [-0.4, -0.2) is 5.11 Å². The Morgan fingerprint density at radius 3 is 1.20 bits per heavy atom. The van der Waals surface area contributed by atoms with Crippen molar-refractivity contribution < 1.29 is 44.9 Å². The Labute approximate surface area is 752 Å². The number of aliphatic hydroxyl groups is 1. The van der Waals surface area contributed by atoms with E-state index in [1.165, 1.54) is 58.2 Å². The predicted molar refractivity (Wildman–Crippen MR) is 533 cm³/mol. The summed E-state index contributed by atoms with van der Waals surface area (Å²) in [7, 11) is 0. The lowest BCUT2D eigenvalue weighted by Crippen LogP contribution is -2.01. The number of rotatable bonds is 18. The van der Waals surface area contributed by atoms with Crippen LogP contribution in [0.25, 0.3) is 51.7 Å². The minimum atomic E-state index is -0.0389. The third-order valence-electron chi connectivity index (χ3n) is 17.1. The molecule has 0 atom stereocenters. The Bertz CT molecular complexity index is 4640. The number of aryl methyl sites for hydroxylation is 5. The van der Waals surface area contributed by atoms with Gasteiger partial charge < -0.3 is 44.9 Å². The number of hydrogen-bond donors (Lipinski definition) is 1. The number of allylic oxidation sites excluding steroid dienone is 19. The van der Waals surface area contributed by atoms with Crippen LogP contribution in [0.15, 0.2) is 241 Å². The lowest BCUT2D eigenvalue weighted by Gasteiger charge is -2.15. The highest BCUT2D eigenvalue weighted by Crippen LogP contribution is 2.34. The van der Waals surface area contributed by atoms with Crippen LogP contribution < -0.4 is 0 Å². The summed E-state index contributed by atoms with van der Waals surface area (Å²) in [5.41, 5.74) is 13.1. The summed E-state index contributed by atoms with van der Waals surface area (Å²) < 4.78 is 48.4. The molecule has 0 aliphatic heterocycles. The van der Waals surface area contributed by atoms with Crippen LogP contribution in [-0.2, 0) is 6.61 Å². The second-order valence-electron chi connectivity index (χ2n) is 41.4. The Kier molecular flexibility index (Phi) is 48.5. The number of aliphatic hydroxyl groups excluding tert-OH is 1. The lowest BCUT2D eigenvalue weighted by atomic mass is 9.91. The molecule has 9 aromatic rings. The quantitative estimate of drug-likeness (QED) is 0.0652. The van der Waals surface area contributed by atoms with E-state index in [0.717, 1.165) is 93.8 Å². The van der Waals surface area contributed by atoms with Crippen LogP contribution in [0, 0.1) is 83.4 Å². The standard InChI is InChI=1S/C15H24O.C13H20O.C13H18O.C13H20O.C12H18O2.C12H18O.C12H16O.C12H18O.C10H13ClO/c1-5-6-7-9-13(12-15(2,3)4)14-10-8-11-16-14;1-9(7-13(4,5)6)12-10(2)8-14-11(12)3;1-11(12-8-6-10-14-12)7-5-9-13(2,3)4;1-6-11(9-13(3,4)5)12-8-7-10(2)14-12;1-9(7-12(2,3)4)11-6-5-10(8-13)14-11;1-9-8-11(13-10(9)2)6-7-12(3,4)5;1-12(2,3)9-5-4-7-11-8-6-10-13-11;1-5-10(9-12(2,3)4)11-7-6-8-13-11;1-10(2,3)7-6-8-4-5-9(11)12-8/h8,10-12H,5-7,9H2,1-4H3;7-8H,1-6H3;5-10H,1-4H3;7-9H,6H2,1-5H3;5-7,13H,8H2,1-4H3;6-8H,1-5H3;4-10H,1-3H3;6-9H,5H2,1-4H3;4-7H,1-3H3/b13-12+;9-7+;9-5+,11-7+;11-9+;9-7+;7-6+;7-4+,9-5+;10-9+;7-6+. The molecule has 9 rings (SSSR count). The molecule has 0 aromatic carbocycles. The molecule has 1 N–H and O–H groups in total. The van der Waals surface area contributed by atoms with Crippen molar-refractivity contribution in [2.75, 3.05) is 0 Å². The van der Waals surface area contributed by atoms with Gasteiger partial charge in [-0.05, 0) is 295 Å². The zero-order valence-electron chi connectivity index (χ0n) is 83.7. The van der Waals surface area contributed by atoms with Crippen molar-refractivity contribution in [2.24, 2.45) is 48.7 Å². The summed E-state index contributed by atoms with van der Waals surface area (Å²) in [5, 5.41) is 9.29. The number of halogens is 1. The SMILES string of the molecule is C/C(=C\C(C)(C)C)c1c(C)coc1C.C/C(=C\C(C)(C)C)c1ccc(CO)o1.C/C(=C\C=C\C(C)(C)C)c1ccco1.CC(C)(C)/C=C/C=C/c1ccco1.CC(C)(C)/C=C/c1ccc(Cl)o1.CC/C(=C\C(C)(C)C)c1ccc(C)o1.CC/C(=C\C(C)(C)C)c1ccco1.CCCCC/C(=C\C(C)(C)C)c1ccco1.Cc1cc(/C=C/C(C)(C)C)oc1C. The zero-order chi connectivity index (χ0) is 94.0. The first kappa shape index (κ1) is 112. The van der Waals surface area contributed by atoms with Gasteiger partial charge in [-0.25, -0.2) is 0 Å². The third kappa shape index (κ3) is 55.7. The summed E-state index contributed by atoms with van der Waals surface area (Å²) in [4.78, 5) is 0. The van der Waals surface area contributed by atoms with Crippen molar-refractivity contribution in [1.29, 1.82) is 0 Å². The first-order valence-corrected chi connectivity index (χ1v) is 44.4. The Morgan fingerprint density at radius 1 is 0.358 bits per heavy atom. The van der Waals surface area contributed by atoms with E-state index in [1.54, 1.807) is 37.2 Å². The summed E-state index contributed by atoms with van der Waals surface area (Å²) in [6, 6.07) is 29.1. The summed E-state index contributed by atoms with van der Waals surface area (Å²) in [6.07, 6.45) is 49.7. The van der Waals surface area contributed by atoms with Gasteiger partial charge in [0.15, 0.2) is 5.22 Å². The fraction of sp³-hybridized carbons (Fsp3) is 0.482. The molecule has 0 fully saturated rings. The molecule has 9 aromatic heterocycles. The molecule has 0 aliphatic rings. The maximum absolute atomic E-state index is 8.85. The molecule has 0 bridgehead atoms. The van der Waals surface area contributed by atoms with Gasteiger partial charge in [-0.2, -0.15) is 0 Å². The van der Waals surface area contributed by atoms with E-state index >= 15 is 0 Å². The molecule has 0 saturated heterocycles. The minimum Gasteiger partial charge on any atom is -0.469 e. The molecule has 0 radical (unpaired) electrons. The van der Waals surface area contributed by atoms with Crippen LogP contribution in [0.1, 0.15) is 353 Å². The smallest absolute Gasteiger partial charge is 0.193 e. The van der Waals surface area contributed by atoms with E-state index in [9.17, 15) is 0 Å². The summed E-state index contributed by atoms with van der Waals surface area (Å²) in [5.74, 6) is 11.1. The van der Waals surface area contributed by atoms with E-state index in [2.05, 4.69) is 314 Å². The highest BCUT2D eigenvalue weighted by molar-refractivity contribution is 6.28. The van der Waals surface area contributed by atoms with Crippen LogP contribution in [0.4, 0.5) is 0 Å². The molecule has 123 heavy (non-hydrogen) atoms. The van der Waals surface area contributed by atoms with Crippen LogP contribution >= 0.6 is 11.6 Å². The summed E-state index contributed by atoms with van der Waals surface area (Å²) >= 11 is 5.61. The van der Waals surface area contributed by atoms with Crippen molar-refractivity contribution in [3.8, 4) is 0 Å². The van der Waals surface area contributed by atoms with Gasteiger partial charge >= 0.3 is 0 Å². The van der Waals surface area contributed by atoms with Crippen molar-refractivity contribution >= 4 is 63.3 Å². The highest BCUT2D eigenvalue weighted by Gasteiger charge is 2.18. The molecule has 0 aliphatic carbocycles. The van der Waals surface area contributed by atoms with Crippen molar-refractivity contribution in [3.05, 3.63) is 292 Å². The normalized spacial score (nSPS) is 13.2. The Balaban J connectivity index is 0.000000692. The maximum atomic E-state index is 8.85. The van der Waals surface area contributed by atoms with Gasteiger partial charge in [-0.15, -0.1) is 0 Å². The van der Waals surface area contributed by atoms with E-state index < -0.39 is 0 Å². The molecule has 0 saturated carbocycles. The molecule has 11 heteroatoms. The molecule has 9 heterocycles. The van der Waals surface area contributed by atoms with Crippen molar-refractivity contribution in [3.63, 3.8) is 0 Å². The Hall–Kier alpha value is -9.09. The van der Waals surface area contributed by atoms with E-state index in [4.69, 9.17) is 56.5 Å². The van der Waals surface area contributed by atoms with Gasteiger partial charge in [-0.3, -0.25) is 0 Å². The minimum absolute atomic E-state index is 0.0389. The second-order valence-corrected chi connectivity index (χ2v) is 41.7. The lowest BCUT2D eigenvalue weighted by molar-refractivity contribution is 0.246. The second kappa shape index (κ2) is 53.3. The van der Waals surface area contributed by atoms with Crippen LogP contribution in [0.3, 0.4) is 0 Å². The highest BCUT2D eigenvalue weighted by atomic mass is 35.5. The molecule has 10 nitrogen and oxygen atoms in total. The Morgan fingerprint density at radius 2 is 0.813 bits per heavy atom. The van der Waals surface area contributed by atoms with Gasteiger partial charge in [-0.1, -0.05) is 300 Å². The average Bonchev–Trinajstić information content (AvgIpc) is 1.70. The number of furan rings is 9. The van der Waals surface area contributed by atoms with Crippen LogP contribution in [0.2, 0.25) is 5.22 Å². The van der Waals surface area contributed by atoms with Crippen molar-refractivity contribution in [1.82, 2.24) is 0 Å². The number of hydrogen-bond acceptors (Lipinski definition) is 10. The molecular weight excluding hydrogens is 1540 g/mol. The third-order valence-corrected chi connectivity index (χ3v) is 17.3. The molecule has 0 unspecified atom stereocenters. The first-order valence-electron chi connectivity index (χ1n) is 44.1. The number of unbranched alkanes of at least 4 members (excludes halogenated alkanes) is 2. The van der Waals surface area contributed by atoms with Gasteiger partial charge in [0.25, 0.3) is 0 Å². The fourth-order valence-corrected chi connectivity index (χ4v) is 11.8. The van der Waals surface area contributed by atoms with Crippen molar-refractivity contribution in [2.45, 2.75) is 308 Å². The van der Waals surface area contributed by atoms with Gasteiger partial charge in [0.05, 0.1) is 31.3 Å². The predicted octanol–water partition coefficient (Wildman–Crippen LogP) is 37.5. The maximum Gasteiger partial charge on any atom is 0.193 e. The van der Waals surface area contributed by atoms with E-state index in [0.29, 0.717) is 11.0 Å². The zero-order valence-corrected chi connectivity index (χ0v) is 84.5. The van der Waals surface area contributed by atoms with E-state index in [-0.39, 0.29) is 55.3 Å². The van der Waals surface area contributed by atoms with Gasteiger partial charge in [0.2, 0.25) is 0 Å². The monoisotopic (exact) mass is 1710 g/mol. The van der Waals surface area contributed by atoms with Gasteiger partial charge in [0.1, 0.15) is 75.7 Å². The van der Waals surface area contributed by atoms with Gasteiger partial charge in [0, 0.05) is 5.56 Å². The van der Waals surface area contributed by atoms with E-state index in [1.807, 2.05) is 132 Å². The largest absolute Gasteiger partial charge is 0.469 e. The first-order chi connectivity index (χ1) is 56.6. The molecule has 680 valence electrons. The van der Waals surface area contributed by atoms with Crippen LogP contribution in [0.5, 0.6) is 0 Å². The fourth-order valence-electron chi connectivity index (χ4n) is 11.6. The average molecular weight is 1710 g/mol.